The molecule has 0 spiro atoms. The van der Waals surface area contributed by atoms with Crippen LogP contribution < -0.4 is 11.5 Å². The lowest BCUT2D eigenvalue weighted by Crippen LogP contribution is -2.12. The Bertz CT molecular complexity index is 299. The number of hydrogen-bond donors (Lipinski definition) is 3. The molecule has 1 aromatic carbocycles. The molecule has 78 valence electrons. The van der Waals surface area contributed by atoms with Gasteiger partial charge in [0.15, 0.2) is 0 Å². The Morgan fingerprint density at radius 1 is 1.43 bits per heavy atom. The number of benzene rings is 1. The van der Waals surface area contributed by atoms with Crippen LogP contribution in [0.5, 0.6) is 5.75 Å². The highest BCUT2D eigenvalue weighted by Crippen LogP contribution is 2.28. The van der Waals surface area contributed by atoms with E-state index in [0.29, 0.717) is 12.3 Å². The molecule has 3 heteroatoms. The average Bonchev–Trinajstić information content (AvgIpc) is 2.18. The minimum atomic E-state index is -0.113. The van der Waals surface area contributed by atoms with Crippen molar-refractivity contribution in [1.29, 1.82) is 0 Å². The van der Waals surface area contributed by atoms with E-state index in [2.05, 4.69) is 0 Å². The van der Waals surface area contributed by atoms with E-state index in [1.54, 1.807) is 0 Å². The summed E-state index contributed by atoms with van der Waals surface area (Å²) in [6.45, 7) is 2.51. The Morgan fingerprint density at radius 3 is 2.79 bits per heavy atom. The second kappa shape index (κ2) is 4.98. The molecule has 0 aliphatic heterocycles. The van der Waals surface area contributed by atoms with Crippen molar-refractivity contribution < 1.29 is 5.11 Å². The van der Waals surface area contributed by atoms with Gasteiger partial charge in [-0.25, -0.2) is 0 Å². The molecule has 0 aliphatic rings. The first-order chi connectivity index (χ1) is 6.66. The van der Waals surface area contributed by atoms with Crippen LogP contribution in [0, 0.1) is 6.92 Å². The fourth-order valence-electron chi connectivity index (χ4n) is 1.47. The van der Waals surface area contributed by atoms with E-state index in [1.165, 1.54) is 0 Å². The molecular formula is C11H18N2O. The van der Waals surface area contributed by atoms with Gasteiger partial charge in [0.25, 0.3) is 0 Å². The minimum Gasteiger partial charge on any atom is -0.507 e. The van der Waals surface area contributed by atoms with Crippen LogP contribution in [0.3, 0.4) is 0 Å². The van der Waals surface area contributed by atoms with Crippen molar-refractivity contribution in [2.75, 3.05) is 6.54 Å². The molecule has 14 heavy (non-hydrogen) atoms. The molecular weight excluding hydrogens is 176 g/mol. The standard InChI is InChI=1S/C11H18N2O/c1-8-4-2-5-9(11(8)14)10(13)6-3-7-12/h2,4-5,10,14H,3,6-7,12-13H2,1H3/t10-/m1/s1. The highest BCUT2D eigenvalue weighted by Gasteiger charge is 2.11. The van der Waals surface area contributed by atoms with Gasteiger partial charge in [0, 0.05) is 11.6 Å². The lowest BCUT2D eigenvalue weighted by atomic mass is 10.00. The van der Waals surface area contributed by atoms with Crippen molar-refractivity contribution in [2.24, 2.45) is 11.5 Å². The molecule has 3 nitrogen and oxygen atoms in total. The molecule has 0 bridgehead atoms. The SMILES string of the molecule is Cc1cccc([C@H](N)CCCN)c1O. The maximum Gasteiger partial charge on any atom is 0.123 e. The van der Waals surface area contributed by atoms with Crippen molar-refractivity contribution in [3.8, 4) is 5.75 Å². The summed E-state index contributed by atoms with van der Waals surface area (Å²) in [4.78, 5) is 0. The summed E-state index contributed by atoms with van der Waals surface area (Å²) in [6.07, 6.45) is 1.70. The zero-order chi connectivity index (χ0) is 10.6. The molecule has 0 radical (unpaired) electrons. The number of phenolic OH excluding ortho intramolecular Hbond substituents is 1. The molecule has 0 fully saturated rings. The van der Waals surface area contributed by atoms with Gasteiger partial charge < -0.3 is 16.6 Å². The van der Waals surface area contributed by atoms with Crippen molar-refractivity contribution in [3.05, 3.63) is 29.3 Å². The summed E-state index contributed by atoms with van der Waals surface area (Å²) in [5.74, 6) is 0.317. The summed E-state index contributed by atoms with van der Waals surface area (Å²) in [7, 11) is 0. The van der Waals surface area contributed by atoms with Gasteiger partial charge in [-0.3, -0.25) is 0 Å². The summed E-state index contributed by atoms with van der Waals surface area (Å²) < 4.78 is 0. The molecule has 0 heterocycles. The Balaban J connectivity index is 2.79. The van der Waals surface area contributed by atoms with Crippen LogP contribution in [0.2, 0.25) is 0 Å². The van der Waals surface area contributed by atoms with E-state index >= 15 is 0 Å². The van der Waals surface area contributed by atoms with Gasteiger partial charge in [0.1, 0.15) is 5.75 Å². The predicted octanol–water partition coefficient (Wildman–Crippen LogP) is 1.44. The molecule has 1 rings (SSSR count). The molecule has 5 N–H and O–H groups in total. The van der Waals surface area contributed by atoms with E-state index in [0.717, 1.165) is 24.0 Å². The third-order valence-electron chi connectivity index (χ3n) is 2.39. The molecule has 0 saturated heterocycles. The third-order valence-corrected chi connectivity index (χ3v) is 2.39. The van der Waals surface area contributed by atoms with E-state index in [9.17, 15) is 5.11 Å². The maximum atomic E-state index is 9.76. The van der Waals surface area contributed by atoms with Crippen LogP contribution in [0.15, 0.2) is 18.2 Å². The summed E-state index contributed by atoms with van der Waals surface area (Å²) in [6, 6.07) is 5.53. The molecule has 0 aliphatic carbocycles. The lowest BCUT2D eigenvalue weighted by Gasteiger charge is -2.14. The van der Waals surface area contributed by atoms with Crippen LogP contribution >= 0.6 is 0 Å². The summed E-state index contributed by atoms with van der Waals surface area (Å²) in [5.41, 5.74) is 13.0. The molecule has 1 atom stereocenters. The number of rotatable bonds is 4. The zero-order valence-electron chi connectivity index (χ0n) is 8.53. The van der Waals surface area contributed by atoms with E-state index in [1.807, 2.05) is 25.1 Å². The van der Waals surface area contributed by atoms with Gasteiger partial charge in [-0.05, 0) is 31.9 Å². The van der Waals surface area contributed by atoms with Gasteiger partial charge in [0.05, 0.1) is 0 Å². The largest absolute Gasteiger partial charge is 0.507 e. The van der Waals surface area contributed by atoms with Crippen LogP contribution in [-0.2, 0) is 0 Å². The Labute approximate surface area is 84.7 Å². The summed E-state index contributed by atoms with van der Waals surface area (Å²) in [5, 5.41) is 9.76. The van der Waals surface area contributed by atoms with E-state index < -0.39 is 0 Å². The normalized spacial score (nSPS) is 12.8. The van der Waals surface area contributed by atoms with Gasteiger partial charge in [-0.15, -0.1) is 0 Å². The number of aromatic hydroxyl groups is 1. The first kappa shape index (κ1) is 11.0. The van der Waals surface area contributed by atoms with Crippen LogP contribution in [0.4, 0.5) is 0 Å². The van der Waals surface area contributed by atoms with Crippen molar-refractivity contribution >= 4 is 0 Å². The van der Waals surface area contributed by atoms with Gasteiger partial charge in [-0.2, -0.15) is 0 Å². The number of para-hydroxylation sites is 1. The first-order valence-corrected chi connectivity index (χ1v) is 4.91. The van der Waals surface area contributed by atoms with Gasteiger partial charge in [0.2, 0.25) is 0 Å². The van der Waals surface area contributed by atoms with Gasteiger partial charge >= 0.3 is 0 Å². The monoisotopic (exact) mass is 194 g/mol. The number of aryl methyl sites for hydroxylation is 1. The lowest BCUT2D eigenvalue weighted by molar-refractivity contribution is 0.453. The van der Waals surface area contributed by atoms with Crippen molar-refractivity contribution in [1.82, 2.24) is 0 Å². The van der Waals surface area contributed by atoms with Crippen LogP contribution in [0.1, 0.15) is 30.0 Å². The van der Waals surface area contributed by atoms with Gasteiger partial charge in [-0.1, -0.05) is 18.2 Å². The first-order valence-electron chi connectivity index (χ1n) is 4.91. The van der Waals surface area contributed by atoms with Crippen LogP contribution in [0.25, 0.3) is 0 Å². The fraction of sp³-hybridized carbons (Fsp3) is 0.455. The fourth-order valence-corrected chi connectivity index (χ4v) is 1.47. The highest BCUT2D eigenvalue weighted by atomic mass is 16.3. The van der Waals surface area contributed by atoms with Crippen molar-refractivity contribution in [3.63, 3.8) is 0 Å². The Kier molecular flexibility index (Phi) is 3.92. The Morgan fingerprint density at radius 2 is 2.14 bits per heavy atom. The zero-order valence-corrected chi connectivity index (χ0v) is 8.53. The smallest absolute Gasteiger partial charge is 0.123 e. The maximum absolute atomic E-state index is 9.76. The average molecular weight is 194 g/mol. The van der Waals surface area contributed by atoms with E-state index in [-0.39, 0.29) is 6.04 Å². The number of hydrogen-bond acceptors (Lipinski definition) is 3. The molecule has 0 saturated carbocycles. The topological polar surface area (TPSA) is 72.3 Å². The number of phenols is 1. The molecule has 0 unspecified atom stereocenters. The minimum absolute atomic E-state index is 0.113. The van der Waals surface area contributed by atoms with Crippen LogP contribution in [-0.4, -0.2) is 11.7 Å². The third kappa shape index (κ3) is 2.47. The Hall–Kier alpha value is -1.06. The number of nitrogens with two attached hydrogens (primary N) is 2. The molecule has 1 aromatic rings. The molecule has 0 aromatic heterocycles. The predicted molar refractivity (Wildman–Crippen MR) is 58.1 cm³/mol. The van der Waals surface area contributed by atoms with E-state index in [4.69, 9.17) is 11.5 Å². The second-order valence-electron chi connectivity index (χ2n) is 3.55. The second-order valence-corrected chi connectivity index (χ2v) is 3.55. The highest BCUT2D eigenvalue weighted by molar-refractivity contribution is 5.41. The summed E-state index contributed by atoms with van der Waals surface area (Å²) >= 11 is 0. The molecule has 0 amide bonds. The van der Waals surface area contributed by atoms with Crippen molar-refractivity contribution in [2.45, 2.75) is 25.8 Å². The quantitative estimate of drug-likeness (QED) is 0.679.